The van der Waals surface area contributed by atoms with Crippen LogP contribution in [0.3, 0.4) is 0 Å². The van der Waals surface area contributed by atoms with Gasteiger partial charge in [0.1, 0.15) is 5.65 Å². The van der Waals surface area contributed by atoms with Crippen LogP contribution < -0.4 is 5.43 Å². The summed E-state index contributed by atoms with van der Waals surface area (Å²) < 4.78 is 0. The number of H-pyrrole nitrogens is 1. The van der Waals surface area contributed by atoms with Gasteiger partial charge in [-0.1, -0.05) is 6.92 Å². The number of hydrogen-bond acceptors (Lipinski definition) is 3. The molecular weight excluding hydrogens is 216 g/mol. The molecule has 0 amide bonds. The summed E-state index contributed by atoms with van der Waals surface area (Å²) in [5.74, 6) is 0. The Morgan fingerprint density at radius 1 is 1.41 bits per heavy atom. The lowest BCUT2D eigenvalue weighted by atomic mass is 10.1. The molecule has 4 nitrogen and oxygen atoms in total. The van der Waals surface area contributed by atoms with Gasteiger partial charge in [0, 0.05) is 11.3 Å². The molecular formula is C13H16N2O2. The zero-order valence-electron chi connectivity index (χ0n) is 10.3. The molecule has 0 bridgehead atoms. The molecule has 0 aromatic carbocycles. The van der Waals surface area contributed by atoms with Crippen molar-refractivity contribution in [3.8, 4) is 0 Å². The summed E-state index contributed by atoms with van der Waals surface area (Å²) in [4.78, 5) is 19.7. The number of nitrogens with one attached hydrogen (secondary N) is 1. The van der Waals surface area contributed by atoms with Crippen molar-refractivity contribution in [1.29, 1.82) is 0 Å². The Kier molecular flexibility index (Phi) is 2.98. The maximum Gasteiger partial charge on any atom is 0.194 e. The highest BCUT2D eigenvalue weighted by atomic mass is 16.3. The Bertz CT molecular complexity index is 629. The van der Waals surface area contributed by atoms with Gasteiger partial charge >= 0.3 is 0 Å². The first kappa shape index (κ1) is 11.8. The van der Waals surface area contributed by atoms with Gasteiger partial charge in [-0.3, -0.25) is 4.79 Å². The van der Waals surface area contributed by atoms with Gasteiger partial charge in [0.2, 0.25) is 0 Å². The largest absolute Gasteiger partial charge is 0.390 e. The lowest BCUT2D eigenvalue weighted by Gasteiger charge is -2.08. The number of fused-ring (bicyclic) bond motifs is 1. The molecule has 0 saturated heterocycles. The molecule has 0 fully saturated rings. The Balaban J connectivity index is 2.92. The van der Waals surface area contributed by atoms with E-state index in [2.05, 4.69) is 9.97 Å². The van der Waals surface area contributed by atoms with Crippen LogP contribution in [0.25, 0.3) is 11.0 Å². The molecule has 0 radical (unpaired) electrons. The molecule has 2 rings (SSSR count). The number of aromatic amines is 1. The Morgan fingerprint density at radius 2 is 2.12 bits per heavy atom. The van der Waals surface area contributed by atoms with Crippen LogP contribution >= 0.6 is 0 Å². The fraction of sp³-hybridized carbons (Fsp3) is 0.385. The summed E-state index contributed by atoms with van der Waals surface area (Å²) in [5.41, 5.74) is 3.71. The Morgan fingerprint density at radius 3 is 2.71 bits per heavy atom. The van der Waals surface area contributed by atoms with Crippen LogP contribution in [0, 0.1) is 13.8 Å². The maximum absolute atomic E-state index is 12.3. The van der Waals surface area contributed by atoms with Gasteiger partial charge in [0.15, 0.2) is 5.43 Å². The second-order valence-corrected chi connectivity index (χ2v) is 4.22. The normalized spacial score (nSPS) is 11.1. The van der Waals surface area contributed by atoms with E-state index >= 15 is 0 Å². The highest BCUT2D eigenvalue weighted by molar-refractivity contribution is 5.79. The number of aromatic nitrogens is 2. The summed E-state index contributed by atoms with van der Waals surface area (Å²) in [7, 11) is 0. The molecule has 2 aromatic heterocycles. The average molecular weight is 232 g/mol. The minimum absolute atomic E-state index is 0.0493. The van der Waals surface area contributed by atoms with Crippen molar-refractivity contribution < 1.29 is 5.11 Å². The Hall–Kier alpha value is -1.68. The monoisotopic (exact) mass is 232 g/mol. The lowest BCUT2D eigenvalue weighted by molar-refractivity contribution is 0.277. The van der Waals surface area contributed by atoms with Crippen molar-refractivity contribution in [2.75, 3.05) is 0 Å². The summed E-state index contributed by atoms with van der Waals surface area (Å²) >= 11 is 0. The number of pyridine rings is 2. The number of hydrogen-bond donors (Lipinski definition) is 2. The average Bonchev–Trinajstić information content (AvgIpc) is 2.28. The molecule has 0 spiro atoms. The SMILES string of the molecule is CCc1c(C)[nH]c2nc(CO)cc(C)c2c1=O. The van der Waals surface area contributed by atoms with E-state index in [-0.39, 0.29) is 12.0 Å². The standard InChI is InChI=1S/C13H16N2O2/c1-4-10-8(3)14-13-11(12(10)17)7(2)5-9(6-16)15-13/h5,16H,4,6H2,1-3H3,(H,14,15,17). The molecule has 0 aliphatic carbocycles. The topological polar surface area (TPSA) is 66.0 Å². The van der Waals surface area contributed by atoms with Crippen LogP contribution in [0.5, 0.6) is 0 Å². The van der Waals surface area contributed by atoms with E-state index in [0.717, 1.165) is 16.8 Å². The highest BCUT2D eigenvalue weighted by Crippen LogP contribution is 2.15. The van der Waals surface area contributed by atoms with Gasteiger partial charge < -0.3 is 10.1 Å². The quantitative estimate of drug-likeness (QED) is 0.826. The van der Waals surface area contributed by atoms with Gasteiger partial charge in [-0.15, -0.1) is 0 Å². The van der Waals surface area contributed by atoms with Crippen LogP contribution in [-0.2, 0) is 13.0 Å². The first-order valence-corrected chi connectivity index (χ1v) is 5.71. The molecule has 17 heavy (non-hydrogen) atoms. The van der Waals surface area contributed by atoms with Gasteiger partial charge in [-0.2, -0.15) is 0 Å². The van der Waals surface area contributed by atoms with Crippen LogP contribution in [0.2, 0.25) is 0 Å². The second kappa shape index (κ2) is 4.30. The first-order valence-electron chi connectivity index (χ1n) is 5.71. The molecule has 4 heteroatoms. The van der Waals surface area contributed by atoms with Gasteiger partial charge in [0.25, 0.3) is 0 Å². The van der Waals surface area contributed by atoms with Gasteiger partial charge in [0.05, 0.1) is 17.7 Å². The van der Waals surface area contributed by atoms with E-state index in [1.807, 2.05) is 20.8 Å². The van der Waals surface area contributed by atoms with Crippen molar-refractivity contribution in [3.05, 3.63) is 38.8 Å². The van der Waals surface area contributed by atoms with Crippen molar-refractivity contribution >= 4 is 11.0 Å². The lowest BCUT2D eigenvalue weighted by Crippen LogP contribution is -2.15. The molecule has 2 aromatic rings. The van der Waals surface area contributed by atoms with Crippen molar-refractivity contribution in [1.82, 2.24) is 9.97 Å². The van der Waals surface area contributed by atoms with E-state index in [1.54, 1.807) is 6.07 Å². The van der Waals surface area contributed by atoms with Gasteiger partial charge in [-0.25, -0.2) is 4.98 Å². The highest BCUT2D eigenvalue weighted by Gasteiger charge is 2.11. The van der Waals surface area contributed by atoms with Crippen LogP contribution in [0.1, 0.15) is 29.4 Å². The van der Waals surface area contributed by atoms with Crippen molar-refractivity contribution in [2.45, 2.75) is 33.8 Å². The smallest absolute Gasteiger partial charge is 0.194 e. The van der Waals surface area contributed by atoms with E-state index in [4.69, 9.17) is 5.11 Å². The van der Waals surface area contributed by atoms with E-state index in [0.29, 0.717) is 23.1 Å². The van der Waals surface area contributed by atoms with E-state index < -0.39 is 0 Å². The maximum atomic E-state index is 12.3. The number of aliphatic hydroxyl groups excluding tert-OH is 1. The summed E-state index contributed by atoms with van der Waals surface area (Å²) in [6.45, 7) is 5.59. The minimum atomic E-state index is -0.118. The molecule has 90 valence electrons. The predicted octanol–water partition coefficient (Wildman–Crippen LogP) is 1.59. The first-order chi connectivity index (χ1) is 8.08. The van der Waals surface area contributed by atoms with Gasteiger partial charge in [-0.05, 0) is 31.9 Å². The Labute approximate surface area is 99.3 Å². The molecule has 0 atom stereocenters. The predicted molar refractivity (Wildman–Crippen MR) is 67.1 cm³/mol. The molecule has 0 unspecified atom stereocenters. The number of aryl methyl sites for hydroxylation is 2. The third-order valence-corrected chi connectivity index (χ3v) is 3.04. The number of rotatable bonds is 2. The third-order valence-electron chi connectivity index (χ3n) is 3.04. The zero-order valence-corrected chi connectivity index (χ0v) is 10.3. The number of nitrogens with zero attached hydrogens (tertiary/aromatic N) is 1. The van der Waals surface area contributed by atoms with E-state index in [9.17, 15) is 4.79 Å². The summed E-state index contributed by atoms with van der Waals surface area (Å²) in [6, 6.07) is 1.76. The van der Waals surface area contributed by atoms with Crippen LogP contribution in [0.15, 0.2) is 10.9 Å². The summed E-state index contributed by atoms with van der Waals surface area (Å²) in [6.07, 6.45) is 0.707. The van der Waals surface area contributed by atoms with Crippen LogP contribution in [0.4, 0.5) is 0 Å². The van der Waals surface area contributed by atoms with Crippen molar-refractivity contribution in [2.24, 2.45) is 0 Å². The molecule has 0 aliphatic rings. The summed E-state index contributed by atoms with van der Waals surface area (Å²) in [5, 5.41) is 9.74. The van der Waals surface area contributed by atoms with Crippen molar-refractivity contribution in [3.63, 3.8) is 0 Å². The molecule has 0 aliphatic heterocycles. The molecule has 0 saturated carbocycles. The van der Waals surface area contributed by atoms with E-state index in [1.165, 1.54) is 0 Å². The fourth-order valence-electron chi connectivity index (χ4n) is 2.20. The third kappa shape index (κ3) is 1.85. The number of aliphatic hydroxyl groups is 1. The molecule has 2 heterocycles. The fourth-order valence-corrected chi connectivity index (χ4v) is 2.20. The van der Waals surface area contributed by atoms with Crippen LogP contribution in [-0.4, -0.2) is 15.1 Å². The second-order valence-electron chi connectivity index (χ2n) is 4.22. The zero-order chi connectivity index (χ0) is 12.6. The minimum Gasteiger partial charge on any atom is -0.390 e. The molecule has 2 N–H and O–H groups in total.